The van der Waals surface area contributed by atoms with Crippen molar-refractivity contribution in [3.05, 3.63) is 112 Å². The Bertz CT molecular complexity index is 1340. The molecule has 3 aromatic carbocycles. The van der Waals surface area contributed by atoms with Crippen LogP contribution in [0.4, 0.5) is 5.69 Å². The molecule has 1 saturated heterocycles. The van der Waals surface area contributed by atoms with Crippen LogP contribution < -0.4 is 4.74 Å². The molecule has 1 N–H and O–H groups in total. The minimum Gasteiger partial charge on any atom is -0.489 e. The second-order valence-corrected chi connectivity index (χ2v) is 8.93. The van der Waals surface area contributed by atoms with Crippen molar-refractivity contribution < 1.29 is 19.4 Å². The number of amides is 1. The molecule has 1 fully saturated rings. The predicted octanol–water partition coefficient (Wildman–Crippen LogP) is 6.41. The fraction of sp³-hybridized carbons (Fsp3) is 0.0741. The van der Waals surface area contributed by atoms with Gasteiger partial charge in [0.2, 0.25) is 0 Å². The van der Waals surface area contributed by atoms with E-state index in [1.165, 1.54) is 28.8 Å². The van der Waals surface area contributed by atoms with Crippen LogP contribution >= 0.6 is 23.4 Å². The van der Waals surface area contributed by atoms with Gasteiger partial charge < -0.3 is 9.84 Å². The smallest absolute Gasteiger partial charge is 0.335 e. The number of ether oxygens (including phenoxy) is 1. The number of thioether (sulfide) groups is 1. The van der Waals surface area contributed by atoms with E-state index >= 15 is 0 Å². The van der Waals surface area contributed by atoms with Gasteiger partial charge in [0.05, 0.1) is 16.2 Å². The first kappa shape index (κ1) is 24.3. The van der Waals surface area contributed by atoms with Crippen molar-refractivity contribution in [1.29, 1.82) is 0 Å². The number of rotatable bonds is 8. The standard InChI is InChI=1S/C27H21ClN2O4S/c1-2-14-30-25(31)24(35-27(30)29-21-8-5-7-19(16-21)26(32)33)15-18-10-12-22(13-11-18)34-17-20-6-3-4-9-23(20)28/h2-13,15-16H,1,14,17H2,(H,32,33)/b24-15-,29-27?. The van der Waals surface area contributed by atoms with Crippen molar-refractivity contribution in [3.8, 4) is 5.75 Å². The van der Waals surface area contributed by atoms with Crippen molar-refractivity contribution in [2.45, 2.75) is 6.61 Å². The Balaban J connectivity index is 1.51. The van der Waals surface area contributed by atoms with Crippen molar-refractivity contribution in [2.24, 2.45) is 4.99 Å². The Morgan fingerprint density at radius 1 is 1.11 bits per heavy atom. The van der Waals surface area contributed by atoms with Gasteiger partial charge in [-0.25, -0.2) is 9.79 Å². The van der Waals surface area contributed by atoms with Gasteiger partial charge in [0, 0.05) is 17.1 Å². The summed E-state index contributed by atoms with van der Waals surface area (Å²) in [5.41, 5.74) is 2.31. The van der Waals surface area contributed by atoms with E-state index in [9.17, 15) is 14.7 Å². The Labute approximate surface area is 212 Å². The molecule has 0 atom stereocenters. The van der Waals surface area contributed by atoms with Crippen molar-refractivity contribution in [3.63, 3.8) is 0 Å². The molecule has 4 rings (SSSR count). The second-order valence-electron chi connectivity index (χ2n) is 7.51. The molecule has 1 aliphatic heterocycles. The molecule has 6 nitrogen and oxygen atoms in total. The Morgan fingerprint density at radius 2 is 1.89 bits per heavy atom. The van der Waals surface area contributed by atoms with E-state index in [1.807, 2.05) is 48.5 Å². The molecule has 1 aliphatic rings. The van der Waals surface area contributed by atoms with Crippen LogP contribution in [0.3, 0.4) is 0 Å². The van der Waals surface area contributed by atoms with Gasteiger partial charge in [0.15, 0.2) is 5.17 Å². The van der Waals surface area contributed by atoms with Gasteiger partial charge in [0.1, 0.15) is 12.4 Å². The van der Waals surface area contributed by atoms with Gasteiger partial charge in [-0.2, -0.15) is 0 Å². The molecule has 0 unspecified atom stereocenters. The number of halogens is 1. The van der Waals surface area contributed by atoms with Crippen LogP contribution in [0.25, 0.3) is 6.08 Å². The molecule has 176 valence electrons. The summed E-state index contributed by atoms with van der Waals surface area (Å²) >= 11 is 7.41. The van der Waals surface area contributed by atoms with E-state index in [1.54, 1.807) is 24.3 Å². The maximum atomic E-state index is 13.0. The van der Waals surface area contributed by atoms with Crippen molar-refractivity contribution >= 4 is 52.2 Å². The monoisotopic (exact) mass is 504 g/mol. The lowest BCUT2D eigenvalue weighted by atomic mass is 10.2. The maximum Gasteiger partial charge on any atom is 0.335 e. The van der Waals surface area contributed by atoms with Crippen LogP contribution in [0, 0.1) is 0 Å². The highest BCUT2D eigenvalue weighted by atomic mass is 35.5. The van der Waals surface area contributed by atoms with E-state index < -0.39 is 5.97 Å². The van der Waals surface area contributed by atoms with E-state index in [2.05, 4.69) is 11.6 Å². The third-order valence-corrected chi connectivity index (χ3v) is 6.42. The molecule has 0 aliphatic carbocycles. The zero-order valence-electron chi connectivity index (χ0n) is 18.6. The number of carbonyl (C=O) groups excluding carboxylic acids is 1. The average Bonchev–Trinajstić information content (AvgIpc) is 3.13. The number of carboxylic acids is 1. The van der Waals surface area contributed by atoms with Crippen molar-refractivity contribution in [1.82, 2.24) is 4.90 Å². The largest absolute Gasteiger partial charge is 0.489 e. The Kier molecular flexibility index (Phi) is 7.70. The zero-order chi connectivity index (χ0) is 24.8. The van der Waals surface area contributed by atoms with E-state index in [-0.39, 0.29) is 18.0 Å². The summed E-state index contributed by atoms with van der Waals surface area (Å²) in [6.07, 6.45) is 3.41. The molecule has 0 aromatic heterocycles. The molecule has 0 radical (unpaired) electrons. The third-order valence-electron chi connectivity index (χ3n) is 5.05. The first-order valence-corrected chi connectivity index (χ1v) is 11.8. The molecule has 35 heavy (non-hydrogen) atoms. The number of hydrogen-bond donors (Lipinski definition) is 1. The number of aromatic carboxylic acids is 1. The van der Waals surface area contributed by atoms with E-state index in [4.69, 9.17) is 16.3 Å². The molecule has 0 saturated carbocycles. The molecule has 8 heteroatoms. The summed E-state index contributed by atoms with van der Waals surface area (Å²) in [5.74, 6) is -0.543. The van der Waals surface area contributed by atoms with E-state index in [0.29, 0.717) is 33.1 Å². The number of amidine groups is 1. The normalized spacial score (nSPS) is 15.6. The highest BCUT2D eigenvalue weighted by Gasteiger charge is 2.32. The number of aliphatic imine (C=N–C) groups is 1. The maximum absolute atomic E-state index is 13.0. The number of nitrogens with zero attached hydrogens (tertiary/aromatic N) is 2. The quantitative estimate of drug-likeness (QED) is 0.283. The summed E-state index contributed by atoms with van der Waals surface area (Å²) in [4.78, 5) is 30.8. The summed E-state index contributed by atoms with van der Waals surface area (Å²) in [5, 5.41) is 10.3. The van der Waals surface area contributed by atoms with Gasteiger partial charge in [-0.05, 0) is 59.8 Å². The van der Waals surface area contributed by atoms with Crippen LogP contribution in [-0.2, 0) is 11.4 Å². The highest BCUT2D eigenvalue weighted by molar-refractivity contribution is 8.18. The second kappa shape index (κ2) is 11.1. The summed E-state index contributed by atoms with van der Waals surface area (Å²) in [6, 6.07) is 21.2. The molecular formula is C27H21ClN2O4S. The number of hydrogen-bond acceptors (Lipinski definition) is 5. The van der Waals surface area contributed by atoms with Gasteiger partial charge in [-0.1, -0.05) is 54.1 Å². The first-order chi connectivity index (χ1) is 16.9. The van der Waals surface area contributed by atoms with Gasteiger partial charge in [-0.3, -0.25) is 9.69 Å². The fourth-order valence-corrected chi connectivity index (χ4v) is 4.49. The first-order valence-electron chi connectivity index (χ1n) is 10.7. The van der Waals surface area contributed by atoms with Crippen molar-refractivity contribution in [2.75, 3.05) is 6.54 Å². The highest BCUT2D eigenvalue weighted by Crippen LogP contribution is 2.34. The van der Waals surface area contributed by atoms with Crippen LogP contribution in [-0.4, -0.2) is 33.6 Å². The number of benzene rings is 3. The Morgan fingerprint density at radius 3 is 2.60 bits per heavy atom. The lowest BCUT2D eigenvalue weighted by Gasteiger charge is -2.12. The van der Waals surface area contributed by atoms with Crippen LogP contribution in [0.15, 0.2) is 95.3 Å². The lowest BCUT2D eigenvalue weighted by molar-refractivity contribution is -0.121. The third kappa shape index (κ3) is 6.01. The summed E-state index contributed by atoms with van der Waals surface area (Å²) < 4.78 is 5.82. The SMILES string of the molecule is C=CCN1C(=O)/C(=C/c2ccc(OCc3ccccc3Cl)cc2)SC1=Nc1cccc(C(=O)O)c1. The fourth-order valence-electron chi connectivity index (χ4n) is 3.29. The Hall–Kier alpha value is -3.81. The lowest BCUT2D eigenvalue weighted by Crippen LogP contribution is -2.29. The molecule has 0 bridgehead atoms. The minimum atomic E-state index is -1.04. The van der Waals surface area contributed by atoms with Crippen LogP contribution in [0.1, 0.15) is 21.5 Å². The zero-order valence-corrected chi connectivity index (χ0v) is 20.1. The topological polar surface area (TPSA) is 79.2 Å². The molecule has 1 amide bonds. The molecule has 3 aromatic rings. The van der Waals surface area contributed by atoms with Crippen LogP contribution in [0.5, 0.6) is 5.75 Å². The average molecular weight is 505 g/mol. The summed E-state index contributed by atoms with van der Waals surface area (Å²) in [7, 11) is 0. The molecule has 1 heterocycles. The predicted molar refractivity (Wildman–Crippen MR) is 140 cm³/mol. The summed E-state index contributed by atoms with van der Waals surface area (Å²) in [6.45, 7) is 4.37. The van der Waals surface area contributed by atoms with Crippen LogP contribution in [0.2, 0.25) is 5.02 Å². The molecule has 0 spiro atoms. The van der Waals surface area contributed by atoms with Gasteiger partial charge in [0.25, 0.3) is 5.91 Å². The van der Waals surface area contributed by atoms with E-state index in [0.717, 1.165) is 11.1 Å². The number of carboxylic acid groups (broad SMARTS) is 1. The van der Waals surface area contributed by atoms with Gasteiger partial charge >= 0.3 is 5.97 Å². The molecular weight excluding hydrogens is 484 g/mol. The number of carbonyl (C=O) groups is 2. The minimum absolute atomic E-state index is 0.129. The van der Waals surface area contributed by atoms with Gasteiger partial charge in [-0.15, -0.1) is 6.58 Å².